The Kier molecular flexibility index (Phi) is 5.60. The van der Waals surface area contributed by atoms with Gasteiger partial charge in [-0.1, -0.05) is 0 Å². The first-order chi connectivity index (χ1) is 10.4. The summed E-state index contributed by atoms with van der Waals surface area (Å²) < 4.78 is 26.7. The number of carboxylic acid groups (broad SMARTS) is 1. The lowest BCUT2D eigenvalue weighted by molar-refractivity contribution is -0.137. The zero-order valence-electron chi connectivity index (χ0n) is 14.0. The van der Waals surface area contributed by atoms with Crippen LogP contribution in [-0.2, 0) is 21.9 Å². The summed E-state index contributed by atoms with van der Waals surface area (Å²) in [6.07, 6.45) is 1.57. The number of sulfonamides is 1. The second-order valence-corrected chi connectivity index (χ2v) is 8.34. The van der Waals surface area contributed by atoms with Crippen molar-refractivity contribution >= 4 is 21.9 Å². The van der Waals surface area contributed by atoms with Crippen LogP contribution < -0.4 is 5.32 Å². The molecular weight excluding hydrogens is 322 g/mol. The third-order valence-electron chi connectivity index (χ3n) is 3.41. The van der Waals surface area contributed by atoms with Crippen LogP contribution in [-0.4, -0.2) is 53.9 Å². The highest BCUT2D eigenvalue weighted by atomic mass is 32.2. The zero-order valence-corrected chi connectivity index (χ0v) is 14.8. The van der Waals surface area contributed by atoms with Crippen LogP contribution in [0, 0.1) is 0 Å². The molecule has 0 unspecified atom stereocenters. The molecule has 1 aromatic heterocycles. The molecule has 0 aliphatic rings. The van der Waals surface area contributed by atoms with Gasteiger partial charge in [0.15, 0.2) is 0 Å². The van der Waals surface area contributed by atoms with E-state index in [2.05, 4.69) is 5.32 Å². The van der Waals surface area contributed by atoms with Crippen LogP contribution in [0.3, 0.4) is 0 Å². The average molecular weight is 345 g/mol. The average Bonchev–Trinajstić information content (AvgIpc) is 2.78. The monoisotopic (exact) mass is 345 g/mol. The van der Waals surface area contributed by atoms with Crippen molar-refractivity contribution in [1.29, 1.82) is 0 Å². The van der Waals surface area contributed by atoms with Crippen molar-refractivity contribution in [2.24, 2.45) is 7.05 Å². The van der Waals surface area contributed by atoms with Gasteiger partial charge in [0.05, 0.1) is 0 Å². The molecule has 23 heavy (non-hydrogen) atoms. The van der Waals surface area contributed by atoms with Gasteiger partial charge in [-0.3, -0.25) is 9.59 Å². The highest BCUT2D eigenvalue weighted by Crippen LogP contribution is 2.18. The molecule has 0 aliphatic heterocycles. The molecule has 1 aromatic rings. The SMILES string of the molecule is CN(C)S(=O)(=O)c1cc(C(=O)NC(C)(C)CCC(=O)O)n(C)c1. The van der Waals surface area contributed by atoms with Crippen molar-refractivity contribution in [3.63, 3.8) is 0 Å². The van der Waals surface area contributed by atoms with Crippen molar-refractivity contribution < 1.29 is 23.1 Å². The van der Waals surface area contributed by atoms with Crippen LogP contribution in [0.15, 0.2) is 17.2 Å². The number of hydrogen-bond acceptors (Lipinski definition) is 4. The van der Waals surface area contributed by atoms with Crippen molar-refractivity contribution in [1.82, 2.24) is 14.2 Å². The molecule has 130 valence electrons. The van der Waals surface area contributed by atoms with E-state index in [0.29, 0.717) is 0 Å². The molecule has 1 rings (SSSR count). The molecule has 0 bridgehead atoms. The van der Waals surface area contributed by atoms with Crippen molar-refractivity contribution in [3.8, 4) is 0 Å². The fourth-order valence-electron chi connectivity index (χ4n) is 1.97. The smallest absolute Gasteiger partial charge is 0.303 e. The topological polar surface area (TPSA) is 109 Å². The normalized spacial score (nSPS) is 12.4. The van der Waals surface area contributed by atoms with Gasteiger partial charge in [0.2, 0.25) is 10.0 Å². The number of aryl methyl sites for hydroxylation is 1. The number of carbonyl (C=O) groups is 2. The highest BCUT2D eigenvalue weighted by Gasteiger charge is 2.26. The second-order valence-electron chi connectivity index (χ2n) is 6.19. The number of aromatic nitrogens is 1. The highest BCUT2D eigenvalue weighted by molar-refractivity contribution is 7.89. The Hall–Kier alpha value is -1.87. The van der Waals surface area contributed by atoms with E-state index in [0.717, 1.165) is 4.31 Å². The van der Waals surface area contributed by atoms with E-state index in [1.165, 1.54) is 30.9 Å². The first-order valence-electron chi connectivity index (χ1n) is 7.00. The van der Waals surface area contributed by atoms with Crippen LogP contribution >= 0.6 is 0 Å². The Labute approximate surface area is 136 Å². The lowest BCUT2D eigenvalue weighted by Gasteiger charge is -2.25. The predicted molar refractivity (Wildman–Crippen MR) is 84.7 cm³/mol. The molecule has 0 fully saturated rings. The van der Waals surface area contributed by atoms with E-state index >= 15 is 0 Å². The van der Waals surface area contributed by atoms with Gasteiger partial charge in [0.25, 0.3) is 5.91 Å². The van der Waals surface area contributed by atoms with E-state index in [4.69, 9.17) is 5.11 Å². The fraction of sp³-hybridized carbons (Fsp3) is 0.571. The standard InChI is InChI=1S/C14H23N3O5S/c1-14(2,7-6-12(18)19)15-13(20)11-8-10(9-17(11)5)23(21,22)16(3)4/h8-9H,6-7H2,1-5H3,(H,15,20)(H,18,19). The lowest BCUT2D eigenvalue weighted by atomic mass is 9.98. The van der Waals surface area contributed by atoms with Gasteiger partial charge >= 0.3 is 5.97 Å². The predicted octanol–water partition coefficient (Wildman–Crippen LogP) is 0.649. The van der Waals surface area contributed by atoms with Crippen LogP contribution in [0.2, 0.25) is 0 Å². The minimum Gasteiger partial charge on any atom is -0.481 e. The Morgan fingerprint density at radius 3 is 2.39 bits per heavy atom. The van der Waals surface area contributed by atoms with Gasteiger partial charge in [0, 0.05) is 39.3 Å². The number of carbonyl (C=O) groups excluding carboxylic acids is 1. The van der Waals surface area contributed by atoms with Crippen LogP contribution in [0.4, 0.5) is 0 Å². The van der Waals surface area contributed by atoms with Gasteiger partial charge < -0.3 is 15.0 Å². The van der Waals surface area contributed by atoms with E-state index in [1.807, 2.05) is 0 Å². The van der Waals surface area contributed by atoms with Crippen LogP contribution in [0.5, 0.6) is 0 Å². The maximum Gasteiger partial charge on any atom is 0.303 e. The molecule has 1 amide bonds. The maximum atomic E-state index is 12.3. The fourth-order valence-corrected chi connectivity index (χ4v) is 2.94. The molecular formula is C14H23N3O5S. The van der Waals surface area contributed by atoms with Gasteiger partial charge in [-0.2, -0.15) is 0 Å². The number of aliphatic carboxylic acids is 1. The van der Waals surface area contributed by atoms with Gasteiger partial charge in [0.1, 0.15) is 10.6 Å². The number of nitrogens with one attached hydrogen (secondary N) is 1. The molecule has 0 atom stereocenters. The number of carboxylic acids is 1. The minimum absolute atomic E-state index is 0.0264. The van der Waals surface area contributed by atoms with Gasteiger partial charge in [-0.25, -0.2) is 12.7 Å². The van der Waals surface area contributed by atoms with Gasteiger partial charge in [-0.15, -0.1) is 0 Å². The Bertz CT molecular complexity index is 704. The molecule has 0 saturated carbocycles. The molecule has 9 heteroatoms. The molecule has 0 saturated heterocycles. The molecule has 8 nitrogen and oxygen atoms in total. The maximum absolute atomic E-state index is 12.3. The molecule has 1 heterocycles. The molecule has 0 radical (unpaired) electrons. The largest absolute Gasteiger partial charge is 0.481 e. The summed E-state index contributed by atoms with van der Waals surface area (Å²) in [5, 5.41) is 11.5. The number of hydrogen-bond donors (Lipinski definition) is 2. The lowest BCUT2D eigenvalue weighted by Crippen LogP contribution is -2.44. The third-order valence-corrected chi connectivity index (χ3v) is 5.19. The summed E-state index contributed by atoms with van der Waals surface area (Å²) in [7, 11) is 0.782. The Morgan fingerprint density at radius 2 is 1.91 bits per heavy atom. The molecule has 2 N–H and O–H groups in total. The second kappa shape index (κ2) is 6.71. The zero-order chi connectivity index (χ0) is 18.0. The first-order valence-corrected chi connectivity index (χ1v) is 8.44. The Morgan fingerprint density at radius 1 is 1.35 bits per heavy atom. The number of amides is 1. The van der Waals surface area contributed by atoms with E-state index in [-0.39, 0.29) is 23.4 Å². The summed E-state index contributed by atoms with van der Waals surface area (Å²) in [5.41, 5.74) is -0.533. The van der Waals surface area contributed by atoms with Crippen LogP contribution in [0.25, 0.3) is 0 Å². The van der Waals surface area contributed by atoms with E-state index in [9.17, 15) is 18.0 Å². The third kappa shape index (κ3) is 4.80. The van der Waals surface area contributed by atoms with Crippen molar-refractivity contribution in [2.75, 3.05) is 14.1 Å². The number of nitrogens with zero attached hydrogens (tertiary/aromatic N) is 2. The van der Waals surface area contributed by atoms with Crippen molar-refractivity contribution in [3.05, 3.63) is 18.0 Å². The Balaban J connectivity index is 2.98. The minimum atomic E-state index is -3.62. The number of rotatable bonds is 7. The summed E-state index contributed by atoms with van der Waals surface area (Å²) >= 11 is 0. The van der Waals surface area contributed by atoms with Crippen molar-refractivity contribution in [2.45, 2.75) is 37.1 Å². The summed E-state index contributed by atoms with van der Waals surface area (Å²) in [6.45, 7) is 3.43. The molecule has 0 aliphatic carbocycles. The summed E-state index contributed by atoms with van der Waals surface area (Å²) in [5.74, 6) is -1.39. The molecule has 0 spiro atoms. The van der Waals surface area contributed by atoms with Gasteiger partial charge in [-0.05, 0) is 26.3 Å². The molecule has 0 aromatic carbocycles. The first kappa shape index (κ1) is 19.2. The van der Waals surface area contributed by atoms with Crippen LogP contribution in [0.1, 0.15) is 37.2 Å². The quantitative estimate of drug-likeness (QED) is 0.754. The summed E-state index contributed by atoms with van der Waals surface area (Å²) in [6, 6.07) is 1.30. The summed E-state index contributed by atoms with van der Waals surface area (Å²) in [4.78, 5) is 23.0. The van der Waals surface area contributed by atoms with E-state index in [1.54, 1.807) is 20.9 Å². The van der Waals surface area contributed by atoms with E-state index < -0.39 is 27.4 Å².